The van der Waals surface area contributed by atoms with Crippen LogP contribution in [0.1, 0.15) is 22.3 Å². The first-order valence-corrected chi connectivity index (χ1v) is 21.8. The lowest BCUT2D eigenvalue weighted by molar-refractivity contribution is 0.748. The van der Waals surface area contributed by atoms with Crippen LogP contribution in [0.3, 0.4) is 0 Å². The van der Waals surface area contributed by atoms with E-state index in [9.17, 15) is 0 Å². The molecule has 0 saturated carbocycles. The van der Waals surface area contributed by atoms with Gasteiger partial charge in [0.05, 0.1) is 27.8 Å². The smallest absolute Gasteiger partial charge is 0.0755 e. The molecule has 2 nitrogen and oxygen atoms in total. The van der Waals surface area contributed by atoms with Crippen LogP contribution in [0.4, 0.5) is 17.1 Å². The Kier molecular flexibility index (Phi) is 7.85. The molecule has 2 aliphatic rings. The van der Waals surface area contributed by atoms with Gasteiger partial charge in [-0.3, -0.25) is 0 Å². The second-order valence-corrected chi connectivity index (χ2v) is 16.8. The minimum atomic E-state index is -0.561. The lowest BCUT2D eigenvalue weighted by Crippen LogP contribution is -2.33. The summed E-state index contributed by atoms with van der Waals surface area (Å²) in [5.41, 5.74) is 21.4. The highest BCUT2D eigenvalue weighted by molar-refractivity contribution is 6.14. The molecule has 0 unspecified atom stereocenters. The van der Waals surface area contributed by atoms with Gasteiger partial charge in [-0.05, 0) is 110 Å². The topological polar surface area (TPSA) is 8.17 Å². The van der Waals surface area contributed by atoms with E-state index in [0.717, 1.165) is 22.6 Å². The Labute approximate surface area is 367 Å². The lowest BCUT2D eigenvalue weighted by Gasteiger charge is -2.40. The zero-order valence-electron chi connectivity index (χ0n) is 34.5. The third kappa shape index (κ3) is 5.19. The third-order valence-corrected chi connectivity index (χ3v) is 13.6. The Balaban J connectivity index is 1.14. The molecule has 2 heteroatoms. The fourth-order valence-electron chi connectivity index (χ4n) is 11.0. The Hall–Kier alpha value is -8.20. The Bertz CT molecular complexity index is 3520. The molecule has 13 rings (SSSR count). The summed E-state index contributed by atoms with van der Waals surface area (Å²) >= 11 is 0. The average Bonchev–Trinajstić information content (AvgIpc) is 3.85. The first kappa shape index (κ1) is 35.5. The van der Waals surface area contributed by atoms with Crippen molar-refractivity contribution in [1.82, 2.24) is 4.57 Å². The molecule has 0 saturated heterocycles. The van der Waals surface area contributed by atoms with Crippen LogP contribution in [0.2, 0.25) is 0 Å². The Morgan fingerprint density at radius 1 is 0.317 bits per heavy atom. The Morgan fingerprint density at radius 2 is 0.857 bits per heavy atom. The predicted molar refractivity (Wildman–Crippen MR) is 263 cm³/mol. The number of anilines is 3. The highest BCUT2D eigenvalue weighted by Crippen LogP contribution is 2.62. The van der Waals surface area contributed by atoms with Crippen molar-refractivity contribution in [2.24, 2.45) is 0 Å². The van der Waals surface area contributed by atoms with Crippen LogP contribution in [0.25, 0.3) is 72.0 Å². The molecule has 0 atom stereocenters. The molecular formula is C61H40N2. The summed E-state index contributed by atoms with van der Waals surface area (Å²) in [5, 5.41) is 2.48. The quantitative estimate of drug-likeness (QED) is 0.163. The first-order valence-electron chi connectivity index (χ1n) is 21.8. The van der Waals surface area contributed by atoms with Gasteiger partial charge in [-0.2, -0.15) is 0 Å². The molecule has 1 aliphatic carbocycles. The third-order valence-electron chi connectivity index (χ3n) is 13.6. The molecular weight excluding hydrogens is 761 g/mol. The van der Waals surface area contributed by atoms with Crippen LogP contribution >= 0.6 is 0 Å². The van der Waals surface area contributed by atoms with Gasteiger partial charge in [0, 0.05) is 27.7 Å². The molecule has 0 radical (unpaired) electrons. The van der Waals surface area contributed by atoms with Gasteiger partial charge in [0.2, 0.25) is 0 Å². The first-order chi connectivity index (χ1) is 31.3. The second kappa shape index (κ2) is 13.9. The summed E-state index contributed by atoms with van der Waals surface area (Å²) in [5.74, 6) is 0. The van der Waals surface area contributed by atoms with Crippen LogP contribution in [-0.2, 0) is 5.41 Å². The minimum Gasteiger partial charge on any atom is -0.310 e. The molecule has 0 bridgehead atoms. The zero-order chi connectivity index (χ0) is 41.5. The number of hydrogen-bond acceptors (Lipinski definition) is 1. The van der Waals surface area contributed by atoms with E-state index in [1.165, 1.54) is 88.7 Å². The van der Waals surface area contributed by atoms with E-state index in [4.69, 9.17) is 0 Å². The number of rotatable bonds is 6. The maximum atomic E-state index is 2.54. The summed E-state index contributed by atoms with van der Waals surface area (Å²) in [6.45, 7) is 0. The van der Waals surface area contributed by atoms with Gasteiger partial charge in [-0.1, -0.05) is 194 Å². The van der Waals surface area contributed by atoms with E-state index < -0.39 is 5.41 Å². The van der Waals surface area contributed by atoms with Gasteiger partial charge in [0.15, 0.2) is 0 Å². The van der Waals surface area contributed by atoms with Gasteiger partial charge < -0.3 is 9.47 Å². The molecule has 11 aromatic rings. The van der Waals surface area contributed by atoms with Gasteiger partial charge in [0.1, 0.15) is 0 Å². The lowest BCUT2D eigenvalue weighted by atomic mass is 9.65. The van der Waals surface area contributed by atoms with Crippen LogP contribution in [0, 0.1) is 0 Å². The zero-order valence-corrected chi connectivity index (χ0v) is 34.5. The van der Waals surface area contributed by atoms with Crippen LogP contribution in [0.15, 0.2) is 243 Å². The number of fused-ring (bicyclic) bond motifs is 12. The predicted octanol–water partition coefficient (Wildman–Crippen LogP) is 15.9. The van der Waals surface area contributed by atoms with E-state index in [1.807, 2.05) is 0 Å². The molecule has 0 amide bonds. The van der Waals surface area contributed by atoms with Crippen molar-refractivity contribution < 1.29 is 0 Å². The van der Waals surface area contributed by atoms with E-state index in [-0.39, 0.29) is 0 Å². The summed E-state index contributed by atoms with van der Waals surface area (Å²) in [6.07, 6.45) is 0. The van der Waals surface area contributed by atoms with Crippen molar-refractivity contribution in [2.75, 3.05) is 4.90 Å². The summed E-state index contributed by atoms with van der Waals surface area (Å²) < 4.78 is 2.54. The average molecular weight is 801 g/mol. The van der Waals surface area contributed by atoms with E-state index in [2.05, 4.69) is 252 Å². The van der Waals surface area contributed by atoms with Crippen LogP contribution in [-0.4, -0.2) is 4.57 Å². The highest BCUT2D eigenvalue weighted by Gasteiger charge is 2.51. The molecule has 0 fully saturated rings. The molecule has 63 heavy (non-hydrogen) atoms. The molecule has 10 aromatic carbocycles. The van der Waals surface area contributed by atoms with Crippen molar-refractivity contribution in [1.29, 1.82) is 0 Å². The van der Waals surface area contributed by atoms with Crippen molar-refractivity contribution in [3.63, 3.8) is 0 Å². The SMILES string of the molecule is c1ccc(-c2ccc(N(c3cc4c5c(c3)c3ccccc3n5-c3ccccc3C43c4ccccc4-c4ccccc43)c3ccccc3-c3cccc(-c4ccccc4)c3)cc2)cc1. The van der Waals surface area contributed by atoms with Crippen molar-refractivity contribution >= 4 is 38.9 Å². The van der Waals surface area contributed by atoms with E-state index in [0.29, 0.717) is 0 Å². The van der Waals surface area contributed by atoms with Gasteiger partial charge in [-0.25, -0.2) is 0 Å². The monoisotopic (exact) mass is 800 g/mol. The number of aromatic nitrogens is 1. The standard InChI is InChI=1S/C61H40N2/c1-3-18-41(19-4-1)43-34-36-46(37-35-43)62(57-31-14-9-24-48(57)45-23-17-22-44(38-45)42-20-5-2-6-21-42)47-39-52-51-27-10-15-32-58(51)63-59-33-16-13-30-55(59)61(56(40-47)60(52)63)53-28-11-7-25-49(53)50-26-8-12-29-54(50)61/h1-40H. The van der Waals surface area contributed by atoms with Crippen LogP contribution in [0.5, 0.6) is 0 Å². The maximum Gasteiger partial charge on any atom is 0.0755 e. The van der Waals surface area contributed by atoms with Gasteiger partial charge in [0.25, 0.3) is 0 Å². The summed E-state index contributed by atoms with van der Waals surface area (Å²) in [6, 6.07) is 89.7. The summed E-state index contributed by atoms with van der Waals surface area (Å²) in [7, 11) is 0. The fourth-order valence-corrected chi connectivity index (χ4v) is 11.0. The largest absolute Gasteiger partial charge is 0.310 e. The molecule has 1 aromatic heterocycles. The van der Waals surface area contributed by atoms with Gasteiger partial charge >= 0.3 is 0 Å². The number of benzene rings is 10. The molecule has 0 N–H and O–H groups in total. The highest BCUT2D eigenvalue weighted by atomic mass is 15.1. The summed E-state index contributed by atoms with van der Waals surface area (Å²) in [4.78, 5) is 2.50. The van der Waals surface area contributed by atoms with E-state index in [1.54, 1.807) is 0 Å². The fraction of sp³-hybridized carbons (Fsp3) is 0.0164. The number of hydrogen-bond donors (Lipinski definition) is 0. The Morgan fingerprint density at radius 3 is 1.59 bits per heavy atom. The molecule has 2 heterocycles. The maximum absolute atomic E-state index is 2.54. The van der Waals surface area contributed by atoms with Crippen molar-refractivity contribution in [3.05, 3.63) is 265 Å². The van der Waals surface area contributed by atoms with Crippen molar-refractivity contribution in [3.8, 4) is 50.2 Å². The molecule has 294 valence electrons. The molecule has 1 spiro atoms. The van der Waals surface area contributed by atoms with Crippen LogP contribution < -0.4 is 4.90 Å². The van der Waals surface area contributed by atoms with Crippen molar-refractivity contribution in [2.45, 2.75) is 5.41 Å². The number of para-hydroxylation sites is 3. The second-order valence-electron chi connectivity index (χ2n) is 16.8. The normalized spacial score (nSPS) is 12.9. The minimum absolute atomic E-state index is 0.561. The van der Waals surface area contributed by atoms with Gasteiger partial charge in [-0.15, -0.1) is 0 Å². The van der Waals surface area contributed by atoms with E-state index >= 15 is 0 Å². The molecule has 1 aliphatic heterocycles. The number of nitrogens with zero attached hydrogens (tertiary/aromatic N) is 2.